The van der Waals surface area contributed by atoms with E-state index in [2.05, 4.69) is 29.3 Å². The first-order chi connectivity index (χ1) is 10.2. The van der Waals surface area contributed by atoms with Crippen molar-refractivity contribution >= 4 is 0 Å². The van der Waals surface area contributed by atoms with Gasteiger partial charge in [0, 0.05) is 12.0 Å². The van der Waals surface area contributed by atoms with Gasteiger partial charge in [-0.3, -0.25) is 0 Å². The molecule has 118 valence electrons. The zero-order chi connectivity index (χ0) is 14.8. The summed E-state index contributed by atoms with van der Waals surface area (Å²) in [5, 5.41) is 7.52. The summed E-state index contributed by atoms with van der Waals surface area (Å²) >= 11 is 0. The summed E-state index contributed by atoms with van der Waals surface area (Å²) in [5.74, 6) is 3.99. The van der Waals surface area contributed by atoms with Gasteiger partial charge in [-0.2, -0.15) is 4.98 Å². The van der Waals surface area contributed by atoms with Gasteiger partial charge in [0.15, 0.2) is 5.82 Å². The van der Waals surface area contributed by atoms with Crippen LogP contribution in [0.2, 0.25) is 0 Å². The van der Waals surface area contributed by atoms with Crippen LogP contribution in [0.3, 0.4) is 0 Å². The van der Waals surface area contributed by atoms with Crippen LogP contribution in [0.5, 0.6) is 0 Å². The lowest BCUT2D eigenvalue weighted by atomic mass is 9.77. The molecule has 1 aromatic heterocycles. The van der Waals surface area contributed by atoms with E-state index in [-0.39, 0.29) is 12.0 Å². The van der Waals surface area contributed by atoms with E-state index < -0.39 is 0 Å². The predicted octanol–water partition coefficient (Wildman–Crippen LogP) is 2.70. The van der Waals surface area contributed by atoms with Gasteiger partial charge in [0.2, 0.25) is 5.89 Å². The van der Waals surface area contributed by atoms with Crippen LogP contribution in [-0.4, -0.2) is 36.4 Å². The topological polar surface area (TPSA) is 60.2 Å². The number of ether oxygens (including phenoxy) is 1. The molecule has 1 N–H and O–H groups in total. The largest absolute Gasteiger partial charge is 0.379 e. The van der Waals surface area contributed by atoms with E-state index >= 15 is 0 Å². The molecule has 2 fully saturated rings. The Labute approximate surface area is 126 Å². The average Bonchev–Trinajstić information content (AvgIpc) is 3.15. The van der Waals surface area contributed by atoms with Crippen molar-refractivity contribution in [1.29, 1.82) is 0 Å². The molecule has 1 aliphatic heterocycles. The second-order valence-corrected chi connectivity index (χ2v) is 6.89. The van der Waals surface area contributed by atoms with Gasteiger partial charge in [-0.15, -0.1) is 0 Å². The second kappa shape index (κ2) is 6.44. The number of hydrogen-bond donors (Lipinski definition) is 1. The van der Waals surface area contributed by atoms with E-state index in [9.17, 15) is 0 Å². The minimum absolute atomic E-state index is 0.197. The monoisotopic (exact) mass is 293 g/mol. The molecule has 5 nitrogen and oxygen atoms in total. The molecule has 0 amide bonds. The summed E-state index contributed by atoms with van der Waals surface area (Å²) in [6.07, 6.45) is 4.96. The van der Waals surface area contributed by atoms with Crippen molar-refractivity contribution < 1.29 is 9.26 Å². The van der Waals surface area contributed by atoms with Gasteiger partial charge in [0.25, 0.3) is 0 Å². The van der Waals surface area contributed by atoms with Crippen LogP contribution < -0.4 is 5.32 Å². The first kappa shape index (κ1) is 15.0. The number of nitrogens with one attached hydrogen (secondary N) is 1. The van der Waals surface area contributed by atoms with E-state index in [1.807, 2.05) is 7.05 Å². The zero-order valence-electron chi connectivity index (χ0n) is 13.3. The van der Waals surface area contributed by atoms with E-state index in [1.54, 1.807) is 0 Å². The standard InChI is InChI=1S/C16H27N3O2/c1-10(2)11-4-6-12(7-5-11)15-18-16(21-19-15)13-8-20-9-14(13)17-3/h10-14,17H,4-9H2,1-3H3. The van der Waals surface area contributed by atoms with Crippen molar-refractivity contribution in [2.75, 3.05) is 20.3 Å². The van der Waals surface area contributed by atoms with Crippen LogP contribution in [0.1, 0.15) is 63.1 Å². The summed E-state index contributed by atoms with van der Waals surface area (Å²) in [4.78, 5) is 4.69. The Bertz CT molecular complexity index is 452. The van der Waals surface area contributed by atoms with Crippen molar-refractivity contribution in [3.63, 3.8) is 0 Å². The molecule has 3 rings (SSSR count). The molecule has 2 heterocycles. The maximum absolute atomic E-state index is 5.53. The van der Waals surface area contributed by atoms with Crippen LogP contribution in [-0.2, 0) is 4.74 Å². The molecule has 21 heavy (non-hydrogen) atoms. The summed E-state index contributed by atoms with van der Waals surface area (Å²) in [6, 6.07) is 0.287. The van der Waals surface area contributed by atoms with Gasteiger partial charge in [-0.05, 0) is 44.6 Å². The Hall–Kier alpha value is -0.940. The molecule has 2 atom stereocenters. The summed E-state index contributed by atoms with van der Waals surface area (Å²) in [6.45, 7) is 6.05. The van der Waals surface area contributed by atoms with E-state index in [0.717, 1.165) is 30.2 Å². The Morgan fingerprint density at radius 1 is 1.14 bits per heavy atom. The first-order valence-corrected chi connectivity index (χ1v) is 8.27. The van der Waals surface area contributed by atoms with Crippen molar-refractivity contribution in [3.05, 3.63) is 11.7 Å². The minimum atomic E-state index is 0.197. The third-order valence-corrected chi connectivity index (χ3v) is 5.31. The molecule has 0 aromatic carbocycles. The molecule has 0 spiro atoms. The van der Waals surface area contributed by atoms with Crippen LogP contribution >= 0.6 is 0 Å². The number of aromatic nitrogens is 2. The average molecular weight is 293 g/mol. The maximum atomic E-state index is 5.53. The SMILES string of the molecule is CNC1COCC1c1nc(C2CCC(C(C)C)CC2)no1. The van der Waals surface area contributed by atoms with Crippen molar-refractivity contribution in [2.45, 2.75) is 57.4 Å². The molecule has 0 radical (unpaired) electrons. The normalized spacial score (nSPS) is 33.7. The smallest absolute Gasteiger partial charge is 0.233 e. The lowest BCUT2D eigenvalue weighted by molar-refractivity contribution is 0.185. The fourth-order valence-corrected chi connectivity index (χ4v) is 3.69. The van der Waals surface area contributed by atoms with Gasteiger partial charge in [-0.1, -0.05) is 19.0 Å². The third-order valence-electron chi connectivity index (χ3n) is 5.31. The summed E-state index contributed by atoms with van der Waals surface area (Å²) < 4.78 is 11.0. The summed E-state index contributed by atoms with van der Waals surface area (Å²) in [7, 11) is 1.96. The zero-order valence-corrected chi connectivity index (χ0v) is 13.3. The second-order valence-electron chi connectivity index (χ2n) is 6.89. The van der Waals surface area contributed by atoms with E-state index in [4.69, 9.17) is 9.26 Å². The van der Waals surface area contributed by atoms with Gasteiger partial charge < -0.3 is 14.6 Å². The molecule has 1 saturated heterocycles. The van der Waals surface area contributed by atoms with Crippen LogP contribution in [0.4, 0.5) is 0 Å². The highest BCUT2D eigenvalue weighted by Gasteiger charge is 2.34. The Balaban J connectivity index is 1.63. The third kappa shape index (κ3) is 3.14. The predicted molar refractivity (Wildman–Crippen MR) is 80.2 cm³/mol. The van der Waals surface area contributed by atoms with Crippen LogP contribution in [0.15, 0.2) is 4.52 Å². The molecule has 1 saturated carbocycles. The minimum Gasteiger partial charge on any atom is -0.379 e. The molecule has 1 aromatic rings. The summed E-state index contributed by atoms with van der Waals surface area (Å²) in [5.41, 5.74) is 0. The molecule has 0 bridgehead atoms. The van der Waals surface area contributed by atoms with Gasteiger partial charge in [0.05, 0.1) is 19.1 Å². The first-order valence-electron chi connectivity index (χ1n) is 8.27. The lowest BCUT2D eigenvalue weighted by Crippen LogP contribution is -2.31. The quantitative estimate of drug-likeness (QED) is 0.925. The Morgan fingerprint density at radius 2 is 1.90 bits per heavy atom. The maximum Gasteiger partial charge on any atom is 0.233 e. The number of rotatable bonds is 4. The number of nitrogens with zero attached hydrogens (tertiary/aromatic N) is 2. The van der Waals surface area contributed by atoms with Gasteiger partial charge >= 0.3 is 0 Å². The highest BCUT2D eigenvalue weighted by molar-refractivity contribution is 5.05. The molecule has 2 unspecified atom stereocenters. The van der Waals surface area contributed by atoms with Gasteiger partial charge in [0.1, 0.15) is 0 Å². The molecule has 1 aliphatic carbocycles. The number of hydrogen-bond acceptors (Lipinski definition) is 5. The fourth-order valence-electron chi connectivity index (χ4n) is 3.69. The van der Waals surface area contributed by atoms with E-state index in [0.29, 0.717) is 12.5 Å². The van der Waals surface area contributed by atoms with Crippen molar-refractivity contribution in [3.8, 4) is 0 Å². The molecular weight excluding hydrogens is 266 g/mol. The van der Waals surface area contributed by atoms with Crippen LogP contribution in [0, 0.1) is 11.8 Å². The van der Waals surface area contributed by atoms with E-state index in [1.165, 1.54) is 25.7 Å². The lowest BCUT2D eigenvalue weighted by Gasteiger charge is -2.29. The van der Waals surface area contributed by atoms with Gasteiger partial charge in [-0.25, -0.2) is 0 Å². The molecular formula is C16H27N3O2. The molecule has 5 heteroatoms. The highest BCUT2D eigenvalue weighted by atomic mass is 16.5. The Kier molecular flexibility index (Phi) is 4.60. The molecule has 2 aliphatic rings. The Morgan fingerprint density at radius 3 is 2.57 bits per heavy atom. The van der Waals surface area contributed by atoms with Crippen LogP contribution in [0.25, 0.3) is 0 Å². The van der Waals surface area contributed by atoms with Crippen molar-refractivity contribution in [1.82, 2.24) is 15.5 Å². The van der Waals surface area contributed by atoms with Crippen molar-refractivity contribution in [2.24, 2.45) is 11.8 Å². The highest BCUT2D eigenvalue weighted by Crippen LogP contribution is 2.38. The number of likely N-dealkylation sites (N-methyl/N-ethyl adjacent to an activating group) is 1. The fraction of sp³-hybridized carbons (Fsp3) is 0.875.